The number of carboxylic acid groups (broad SMARTS) is 1. The van der Waals surface area contributed by atoms with Gasteiger partial charge in [-0.15, -0.1) is 0 Å². The fraction of sp³-hybridized carbons (Fsp3) is 0.556. The van der Waals surface area contributed by atoms with E-state index in [9.17, 15) is 9.59 Å². The third-order valence-electron chi connectivity index (χ3n) is 4.55. The van der Waals surface area contributed by atoms with E-state index in [0.29, 0.717) is 0 Å². The van der Waals surface area contributed by atoms with Crippen molar-refractivity contribution in [1.29, 1.82) is 0 Å². The van der Waals surface area contributed by atoms with E-state index >= 15 is 0 Å². The van der Waals surface area contributed by atoms with Crippen molar-refractivity contribution in [3.63, 3.8) is 0 Å². The molecular formula is C18H26O3. The maximum atomic E-state index is 12.7. The number of carbonyl (C=O) groups is 2. The number of Topliss-reactive ketones (excluding diaryl/α,β-unsaturated/α-hetero) is 1. The average Bonchev–Trinajstić information content (AvgIpc) is 2.31. The second-order valence-corrected chi connectivity index (χ2v) is 6.83. The Bertz CT molecular complexity index is 566. The molecule has 0 saturated carbocycles. The SMILES string of the molecule is Cc1c(C)c(C)c(C(=O)CC(C)(C)CC(=O)O)c(C)c1C. The molecule has 1 aromatic rings. The topological polar surface area (TPSA) is 54.4 Å². The van der Waals surface area contributed by atoms with E-state index in [-0.39, 0.29) is 18.6 Å². The zero-order chi connectivity index (χ0) is 16.5. The molecule has 1 N–H and O–H groups in total. The van der Waals surface area contributed by atoms with Gasteiger partial charge < -0.3 is 5.11 Å². The smallest absolute Gasteiger partial charge is 0.303 e. The summed E-state index contributed by atoms with van der Waals surface area (Å²) >= 11 is 0. The van der Waals surface area contributed by atoms with E-state index in [1.54, 1.807) is 0 Å². The molecule has 0 aromatic heterocycles. The first-order valence-corrected chi connectivity index (χ1v) is 7.30. The Labute approximate surface area is 127 Å². The Hall–Kier alpha value is -1.64. The van der Waals surface area contributed by atoms with Crippen molar-refractivity contribution in [3.05, 3.63) is 33.4 Å². The van der Waals surface area contributed by atoms with Gasteiger partial charge in [-0.3, -0.25) is 9.59 Å². The first-order valence-electron chi connectivity index (χ1n) is 7.30. The van der Waals surface area contributed by atoms with Crippen LogP contribution in [0.1, 0.15) is 64.9 Å². The van der Waals surface area contributed by atoms with E-state index < -0.39 is 11.4 Å². The first kappa shape index (κ1) is 17.4. The summed E-state index contributed by atoms with van der Waals surface area (Å²) in [6, 6.07) is 0. The summed E-state index contributed by atoms with van der Waals surface area (Å²) in [7, 11) is 0. The molecule has 0 aliphatic heterocycles. The Morgan fingerprint density at radius 2 is 1.19 bits per heavy atom. The van der Waals surface area contributed by atoms with E-state index in [0.717, 1.165) is 27.8 Å². The van der Waals surface area contributed by atoms with Crippen molar-refractivity contribution in [1.82, 2.24) is 0 Å². The van der Waals surface area contributed by atoms with Crippen LogP contribution in [0.5, 0.6) is 0 Å². The lowest BCUT2D eigenvalue weighted by Crippen LogP contribution is -2.22. The highest BCUT2D eigenvalue weighted by atomic mass is 16.4. The monoisotopic (exact) mass is 290 g/mol. The van der Waals surface area contributed by atoms with Crippen LogP contribution in [0.15, 0.2) is 0 Å². The quantitative estimate of drug-likeness (QED) is 0.822. The van der Waals surface area contributed by atoms with Gasteiger partial charge in [0.1, 0.15) is 0 Å². The summed E-state index contributed by atoms with van der Waals surface area (Å²) in [6.45, 7) is 13.8. The van der Waals surface area contributed by atoms with Gasteiger partial charge in [0, 0.05) is 12.0 Å². The summed E-state index contributed by atoms with van der Waals surface area (Å²) in [6.07, 6.45) is 0.254. The van der Waals surface area contributed by atoms with Crippen LogP contribution in [0.2, 0.25) is 0 Å². The van der Waals surface area contributed by atoms with Crippen LogP contribution in [0.3, 0.4) is 0 Å². The molecule has 0 saturated heterocycles. The molecule has 0 spiro atoms. The molecule has 116 valence electrons. The van der Waals surface area contributed by atoms with Crippen molar-refractivity contribution < 1.29 is 14.7 Å². The summed E-state index contributed by atoms with van der Waals surface area (Å²) in [5.74, 6) is -0.819. The summed E-state index contributed by atoms with van der Waals surface area (Å²) in [5, 5.41) is 8.96. The largest absolute Gasteiger partial charge is 0.481 e. The van der Waals surface area contributed by atoms with Crippen LogP contribution >= 0.6 is 0 Å². The zero-order valence-electron chi connectivity index (χ0n) is 14.2. The maximum Gasteiger partial charge on any atom is 0.303 e. The van der Waals surface area contributed by atoms with Crippen LogP contribution in [-0.4, -0.2) is 16.9 Å². The van der Waals surface area contributed by atoms with Crippen molar-refractivity contribution in [2.75, 3.05) is 0 Å². The van der Waals surface area contributed by atoms with Crippen molar-refractivity contribution in [3.8, 4) is 0 Å². The third-order valence-corrected chi connectivity index (χ3v) is 4.55. The van der Waals surface area contributed by atoms with E-state index in [1.165, 1.54) is 5.56 Å². The third kappa shape index (κ3) is 3.72. The Morgan fingerprint density at radius 1 is 0.810 bits per heavy atom. The van der Waals surface area contributed by atoms with E-state index in [2.05, 4.69) is 6.92 Å². The highest BCUT2D eigenvalue weighted by Gasteiger charge is 2.28. The molecule has 0 aliphatic carbocycles. The highest BCUT2D eigenvalue weighted by Crippen LogP contribution is 2.32. The summed E-state index contributed by atoms with van der Waals surface area (Å²) in [4.78, 5) is 23.6. The summed E-state index contributed by atoms with van der Waals surface area (Å²) < 4.78 is 0. The summed E-state index contributed by atoms with van der Waals surface area (Å²) in [5.41, 5.74) is 5.81. The van der Waals surface area contributed by atoms with Crippen LogP contribution in [0.4, 0.5) is 0 Å². The van der Waals surface area contributed by atoms with Gasteiger partial charge in [-0.25, -0.2) is 0 Å². The van der Waals surface area contributed by atoms with E-state index in [4.69, 9.17) is 5.11 Å². The molecule has 0 unspecified atom stereocenters. The lowest BCUT2D eigenvalue weighted by atomic mass is 9.79. The normalized spacial score (nSPS) is 11.6. The van der Waals surface area contributed by atoms with Gasteiger partial charge in [-0.2, -0.15) is 0 Å². The second-order valence-electron chi connectivity index (χ2n) is 6.83. The van der Waals surface area contributed by atoms with Gasteiger partial charge in [0.2, 0.25) is 0 Å². The van der Waals surface area contributed by atoms with Crippen LogP contribution in [-0.2, 0) is 4.79 Å². The van der Waals surface area contributed by atoms with Gasteiger partial charge in [0.25, 0.3) is 0 Å². The number of benzene rings is 1. The lowest BCUT2D eigenvalue weighted by Gasteiger charge is -2.24. The molecule has 0 fully saturated rings. The van der Waals surface area contributed by atoms with Gasteiger partial charge in [-0.1, -0.05) is 13.8 Å². The highest BCUT2D eigenvalue weighted by molar-refractivity contribution is 6.00. The number of hydrogen-bond acceptors (Lipinski definition) is 2. The molecule has 0 atom stereocenters. The number of rotatable bonds is 5. The van der Waals surface area contributed by atoms with Crippen LogP contribution in [0.25, 0.3) is 0 Å². The minimum absolute atomic E-state index is 0.000656. The predicted molar refractivity (Wildman–Crippen MR) is 85.1 cm³/mol. The standard InChI is InChI=1S/C18H26O3/c1-10-11(2)13(4)17(14(5)12(10)3)15(19)8-18(6,7)9-16(20)21/h8-9H2,1-7H3,(H,20,21). The van der Waals surface area contributed by atoms with Gasteiger partial charge in [0.15, 0.2) is 5.78 Å². The molecule has 0 amide bonds. The molecule has 21 heavy (non-hydrogen) atoms. The van der Waals surface area contributed by atoms with E-state index in [1.807, 2.05) is 41.5 Å². The number of carboxylic acids is 1. The first-order chi connectivity index (χ1) is 9.48. The Balaban J connectivity index is 3.23. The molecule has 0 bridgehead atoms. The molecular weight excluding hydrogens is 264 g/mol. The van der Waals surface area contributed by atoms with Gasteiger partial charge in [0.05, 0.1) is 6.42 Å². The number of aliphatic carboxylic acids is 1. The number of hydrogen-bond donors (Lipinski definition) is 1. The Kier molecular flexibility index (Phi) is 4.98. The number of carbonyl (C=O) groups excluding carboxylic acids is 1. The minimum Gasteiger partial charge on any atom is -0.481 e. The molecule has 3 nitrogen and oxygen atoms in total. The predicted octanol–water partition coefficient (Wildman–Crippen LogP) is 4.30. The lowest BCUT2D eigenvalue weighted by molar-refractivity contribution is -0.139. The molecule has 0 radical (unpaired) electrons. The fourth-order valence-corrected chi connectivity index (χ4v) is 2.91. The molecule has 1 aromatic carbocycles. The molecule has 0 aliphatic rings. The van der Waals surface area contributed by atoms with Gasteiger partial charge in [-0.05, 0) is 67.9 Å². The second kappa shape index (κ2) is 6.00. The average molecular weight is 290 g/mol. The maximum absolute atomic E-state index is 12.7. The van der Waals surface area contributed by atoms with Crippen LogP contribution < -0.4 is 0 Å². The van der Waals surface area contributed by atoms with Gasteiger partial charge >= 0.3 is 5.97 Å². The fourth-order valence-electron chi connectivity index (χ4n) is 2.91. The molecule has 3 heteroatoms. The van der Waals surface area contributed by atoms with Crippen LogP contribution in [0, 0.1) is 40.0 Å². The molecule has 1 rings (SSSR count). The zero-order valence-corrected chi connectivity index (χ0v) is 14.2. The Morgan fingerprint density at radius 3 is 1.57 bits per heavy atom. The molecule has 0 heterocycles. The van der Waals surface area contributed by atoms with Crippen molar-refractivity contribution >= 4 is 11.8 Å². The van der Waals surface area contributed by atoms with Crippen molar-refractivity contribution in [2.45, 2.75) is 61.3 Å². The number of ketones is 1. The minimum atomic E-state index is -0.863. The van der Waals surface area contributed by atoms with Crippen molar-refractivity contribution in [2.24, 2.45) is 5.41 Å².